The molecule has 0 saturated carbocycles. The molecule has 3 rings (SSSR count). The van der Waals surface area contributed by atoms with Gasteiger partial charge in [-0.25, -0.2) is 9.79 Å². The van der Waals surface area contributed by atoms with Crippen LogP contribution < -0.4 is 4.74 Å². The van der Waals surface area contributed by atoms with Crippen LogP contribution in [0.1, 0.15) is 50.2 Å². The van der Waals surface area contributed by atoms with Crippen LogP contribution in [0.25, 0.3) is 6.08 Å². The normalized spacial score (nSPS) is 14.9. The smallest absolute Gasteiger partial charge is 0.363 e. The summed E-state index contributed by atoms with van der Waals surface area (Å²) in [5.74, 6) is 0.612. The molecule has 0 aliphatic carbocycles. The van der Waals surface area contributed by atoms with Crippen LogP contribution in [0.4, 0.5) is 0 Å². The summed E-state index contributed by atoms with van der Waals surface area (Å²) in [6, 6.07) is 15.2. The highest BCUT2D eigenvalue weighted by Crippen LogP contribution is 2.25. The second-order valence-corrected chi connectivity index (χ2v) is 7.56. The van der Waals surface area contributed by atoms with Gasteiger partial charge < -0.3 is 9.47 Å². The van der Waals surface area contributed by atoms with Gasteiger partial charge in [-0.05, 0) is 36.8 Å². The zero-order valence-electron chi connectivity index (χ0n) is 16.0. The number of aliphatic imine (C=N–C) groups is 1. The second-order valence-electron chi connectivity index (χ2n) is 6.65. The van der Waals surface area contributed by atoms with E-state index in [2.05, 4.69) is 27.8 Å². The van der Waals surface area contributed by atoms with Gasteiger partial charge in [-0.1, -0.05) is 72.8 Å². The molecule has 1 aliphatic heterocycles. The summed E-state index contributed by atoms with van der Waals surface area (Å²) >= 11 is 3.42. The average molecular weight is 442 g/mol. The summed E-state index contributed by atoms with van der Waals surface area (Å²) in [6.07, 6.45) is 7.66. The first-order valence-electron chi connectivity index (χ1n) is 9.67. The predicted molar refractivity (Wildman–Crippen MR) is 115 cm³/mol. The molecule has 146 valence electrons. The van der Waals surface area contributed by atoms with E-state index in [4.69, 9.17) is 9.47 Å². The van der Waals surface area contributed by atoms with Gasteiger partial charge in [0, 0.05) is 15.6 Å². The van der Waals surface area contributed by atoms with Gasteiger partial charge in [-0.3, -0.25) is 0 Å². The number of para-hydroxylation sites is 1. The Bertz CT molecular complexity index is 889. The molecule has 2 aromatic rings. The fourth-order valence-corrected chi connectivity index (χ4v) is 3.32. The molecular formula is C23H24BrNO3. The molecule has 0 bridgehead atoms. The lowest BCUT2D eigenvalue weighted by Gasteiger charge is -2.09. The van der Waals surface area contributed by atoms with Gasteiger partial charge in [0.25, 0.3) is 0 Å². The summed E-state index contributed by atoms with van der Waals surface area (Å²) in [6.45, 7) is 2.87. The largest absolute Gasteiger partial charge is 0.493 e. The third-order valence-electron chi connectivity index (χ3n) is 4.41. The average Bonchev–Trinajstić information content (AvgIpc) is 3.06. The Labute approximate surface area is 174 Å². The number of halogens is 1. The summed E-state index contributed by atoms with van der Waals surface area (Å²) in [4.78, 5) is 16.6. The van der Waals surface area contributed by atoms with Crippen LogP contribution in [0.15, 0.2) is 63.7 Å². The lowest BCUT2D eigenvalue weighted by molar-refractivity contribution is -0.129. The summed E-state index contributed by atoms with van der Waals surface area (Å²) < 4.78 is 12.2. The van der Waals surface area contributed by atoms with Crippen LogP contribution in [-0.2, 0) is 9.53 Å². The summed E-state index contributed by atoms with van der Waals surface area (Å²) in [5, 5.41) is 0. The molecule has 0 atom stereocenters. The molecule has 0 fully saturated rings. The number of carbonyl (C=O) groups excluding carboxylic acids is 1. The van der Waals surface area contributed by atoms with Crippen molar-refractivity contribution < 1.29 is 14.3 Å². The van der Waals surface area contributed by atoms with E-state index in [9.17, 15) is 4.79 Å². The van der Waals surface area contributed by atoms with Crippen LogP contribution in [-0.4, -0.2) is 18.5 Å². The topological polar surface area (TPSA) is 47.9 Å². The van der Waals surface area contributed by atoms with Crippen molar-refractivity contribution in [3.05, 3.63) is 69.8 Å². The van der Waals surface area contributed by atoms with Gasteiger partial charge in [0.1, 0.15) is 5.75 Å². The maximum Gasteiger partial charge on any atom is 0.363 e. The number of benzene rings is 2. The number of hydrogen-bond acceptors (Lipinski definition) is 4. The molecule has 4 nitrogen and oxygen atoms in total. The van der Waals surface area contributed by atoms with Gasteiger partial charge in [0.2, 0.25) is 5.90 Å². The summed E-state index contributed by atoms with van der Waals surface area (Å²) in [7, 11) is 0. The Kier molecular flexibility index (Phi) is 7.43. The van der Waals surface area contributed by atoms with E-state index in [-0.39, 0.29) is 5.70 Å². The van der Waals surface area contributed by atoms with E-state index in [1.807, 2.05) is 48.5 Å². The SMILES string of the molecule is CCCCCCCOc1ccccc1/C=C1\N=C(c2cccc(Br)c2)OC1=O. The van der Waals surface area contributed by atoms with Crippen LogP contribution in [0.3, 0.4) is 0 Å². The van der Waals surface area contributed by atoms with E-state index >= 15 is 0 Å². The van der Waals surface area contributed by atoms with Crippen molar-refractivity contribution in [1.29, 1.82) is 0 Å². The molecule has 0 saturated heterocycles. The number of hydrogen-bond donors (Lipinski definition) is 0. The molecule has 1 heterocycles. The van der Waals surface area contributed by atoms with Crippen molar-refractivity contribution in [2.24, 2.45) is 4.99 Å². The van der Waals surface area contributed by atoms with E-state index < -0.39 is 5.97 Å². The molecule has 0 aromatic heterocycles. The summed E-state index contributed by atoms with van der Waals surface area (Å²) in [5.41, 5.74) is 1.85. The second kappa shape index (κ2) is 10.2. The van der Waals surface area contributed by atoms with Crippen molar-refractivity contribution in [2.75, 3.05) is 6.61 Å². The van der Waals surface area contributed by atoms with Crippen molar-refractivity contribution in [3.63, 3.8) is 0 Å². The highest BCUT2D eigenvalue weighted by atomic mass is 79.9. The Morgan fingerprint density at radius 1 is 1.07 bits per heavy atom. The minimum absolute atomic E-state index is 0.272. The first-order chi connectivity index (χ1) is 13.7. The van der Waals surface area contributed by atoms with E-state index in [0.29, 0.717) is 12.5 Å². The van der Waals surface area contributed by atoms with Gasteiger partial charge in [0.05, 0.1) is 6.61 Å². The molecule has 0 N–H and O–H groups in total. The molecule has 0 unspecified atom stereocenters. The van der Waals surface area contributed by atoms with Crippen LogP contribution in [0, 0.1) is 0 Å². The van der Waals surface area contributed by atoms with Crippen LogP contribution in [0.5, 0.6) is 5.75 Å². The maximum absolute atomic E-state index is 12.3. The fourth-order valence-electron chi connectivity index (χ4n) is 2.92. The first kappa shape index (κ1) is 20.3. The number of esters is 1. The maximum atomic E-state index is 12.3. The molecular weight excluding hydrogens is 418 g/mol. The van der Waals surface area contributed by atoms with E-state index in [1.165, 1.54) is 25.7 Å². The lowest BCUT2D eigenvalue weighted by atomic mass is 10.1. The Morgan fingerprint density at radius 2 is 1.89 bits per heavy atom. The third-order valence-corrected chi connectivity index (χ3v) is 4.90. The monoisotopic (exact) mass is 441 g/mol. The molecule has 0 radical (unpaired) electrons. The zero-order valence-corrected chi connectivity index (χ0v) is 17.6. The number of carbonyl (C=O) groups is 1. The van der Waals surface area contributed by atoms with Crippen molar-refractivity contribution >= 4 is 33.9 Å². The molecule has 0 amide bonds. The van der Waals surface area contributed by atoms with Crippen LogP contribution >= 0.6 is 15.9 Å². The highest BCUT2D eigenvalue weighted by Gasteiger charge is 2.24. The fraction of sp³-hybridized carbons (Fsp3) is 0.304. The number of ether oxygens (including phenoxy) is 2. The number of rotatable bonds is 9. The minimum Gasteiger partial charge on any atom is -0.493 e. The van der Waals surface area contributed by atoms with Crippen molar-refractivity contribution in [3.8, 4) is 5.75 Å². The number of nitrogens with zero attached hydrogens (tertiary/aromatic N) is 1. The van der Waals surface area contributed by atoms with Gasteiger partial charge in [-0.15, -0.1) is 0 Å². The Hall–Kier alpha value is -2.40. The lowest BCUT2D eigenvalue weighted by Crippen LogP contribution is -2.05. The van der Waals surface area contributed by atoms with Crippen molar-refractivity contribution in [1.82, 2.24) is 0 Å². The van der Waals surface area contributed by atoms with Crippen molar-refractivity contribution in [2.45, 2.75) is 39.0 Å². The molecule has 0 spiro atoms. The minimum atomic E-state index is -0.454. The Balaban J connectivity index is 1.71. The molecule has 1 aliphatic rings. The Morgan fingerprint density at radius 3 is 2.71 bits per heavy atom. The highest BCUT2D eigenvalue weighted by molar-refractivity contribution is 9.10. The quantitative estimate of drug-likeness (QED) is 0.266. The van der Waals surface area contributed by atoms with Crippen LogP contribution in [0.2, 0.25) is 0 Å². The van der Waals surface area contributed by atoms with Gasteiger partial charge in [-0.2, -0.15) is 0 Å². The predicted octanol–water partition coefficient (Wildman–Crippen LogP) is 6.14. The zero-order chi connectivity index (χ0) is 19.8. The van der Waals surface area contributed by atoms with E-state index in [0.717, 1.165) is 27.8 Å². The van der Waals surface area contributed by atoms with E-state index in [1.54, 1.807) is 6.08 Å². The molecule has 28 heavy (non-hydrogen) atoms. The standard InChI is InChI=1S/C23H24BrNO3/c1-2-3-4-5-8-14-27-21-13-7-6-10-17(21)16-20-23(26)28-22(25-20)18-11-9-12-19(24)15-18/h6-7,9-13,15-16H,2-5,8,14H2,1H3/b20-16-. The number of cyclic esters (lactones) is 1. The molecule has 5 heteroatoms. The van der Waals surface area contributed by atoms with Gasteiger partial charge >= 0.3 is 5.97 Å². The third kappa shape index (κ3) is 5.55. The first-order valence-corrected chi connectivity index (χ1v) is 10.5. The number of unbranched alkanes of at least 4 members (excludes halogenated alkanes) is 4. The molecule has 2 aromatic carbocycles. The van der Waals surface area contributed by atoms with Gasteiger partial charge in [0.15, 0.2) is 5.70 Å².